The van der Waals surface area contributed by atoms with E-state index in [2.05, 4.69) is 45.3 Å². The van der Waals surface area contributed by atoms with Gasteiger partial charge in [-0.3, -0.25) is 9.69 Å². The van der Waals surface area contributed by atoms with E-state index in [1.807, 2.05) is 48.5 Å². The van der Waals surface area contributed by atoms with E-state index < -0.39 is 0 Å². The van der Waals surface area contributed by atoms with E-state index in [0.717, 1.165) is 27.5 Å². The Bertz CT molecular complexity index is 993. The van der Waals surface area contributed by atoms with E-state index in [4.69, 9.17) is 0 Å². The average molecular weight is 451 g/mol. The molecule has 1 saturated carbocycles. The Balaban J connectivity index is 1.39. The van der Waals surface area contributed by atoms with Crippen LogP contribution in [-0.4, -0.2) is 23.9 Å². The number of benzene rings is 3. The van der Waals surface area contributed by atoms with Crippen molar-refractivity contribution in [2.75, 3.05) is 12.4 Å². The van der Waals surface area contributed by atoms with E-state index >= 15 is 0 Å². The lowest BCUT2D eigenvalue weighted by atomic mass is 9.94. The summed E-state index contributed by atoms with van der Waals surface area (Å²) in [5.41, 5.74) is 2.77. The van der Waals surface area contributed by atoms with Gasteiger partial charge in [-0.25, -0.2) is 0 Å². The van der Waals surface area contributed by atoms with Crippen molar-refractivity contribution in [1.29, 1.82) is 0 Å². The Morgan fingerprint density at radius 3 is 2.45 bits per heavy atom. The molecule has 0 saturated heterocycles. The molecule has 3 aromatic rings. The number of rotatable bonds is 5. The molecular weight excluding hydrogens is 424 g/mol. The van der Waals surface area contributed by atoms with Crippen LogP contribution in [0.4, 0.5) is 5.69 Å². The van der Waals surface area contributed by atoms with Gasteiger partial charge in [0, 0.05) is 28.3 Å². The fourth-order valence-electron chi connectivity index (χ4n) is 4.19. The molecule has 1 aliphatic rings. The number of carbonyl (C=O) groups is 1. The maximum absolute atomic E-state index is 12.7. The molecule has 1 aliphatic carbocycles. The first-order valence-corrected chi connectivity index (χ1v) is 11.2. The minimum absolute atomic E-state index is 0.0843. The smallest absolute Gasteiger partial charge is 0.255 e. The van der Waals surface area contributed by atoms with Crippen LogP contribution in [0.25, 0.3) is 10.8 Å². The molecule has 0 spiro atoms. The monoisotopic (exact) mass is 450 g/mol. The van der Waals surface area contributed by atoms with Gasteiger partial charge in [-0.15, -0.1) is 0 Å². The molecular formula is C25H27BrN2O. The summed E-state index contributed by atoms with van der Waals surface area (Å²) in [4.78, 5) is 15.2. The van der Waals surface area contributed by atoms with Crippen molar-refractivity contribution in [2.24, 2.45) is 0 Å². The Morgan fingerprint density at radius 2 is 1.69 bits per heavy atom. The van der Waals surface area contributed by atoms with Crippen molar-refractivity contribution in [3.05, 3.63) is 76.3 Å². The largest absolute Gasteiger partial charge is 0.322 e. The highest BCUT2D eigenvalue weighted by Gasteiger charge is 2.18. The van der Waals surface area contributed by atoms with Crippen LogP contribution in [0.3, 0.4) is 0 Å². The lowest BCUT2D eigenvalue weighted by molar-refractivity contribution is 0.102. The molecule has 4 heteroatoms. The summed E-state index contributed by atoms with van der Waals surface area (Å²) in [5.74, 6) is -0.0843. The molecule has 29 heavy (non-hydrogen) atoms. The molecule has 0 unspecified atom stereocenters. The van der Waals surface area contributed by atoms with Gasteiger partial charge in [0.1, 0.15) is 0 Å². The van der Waals surface area contributed by atoms with Gasteiger partial charge in [0.25, 0.3) is 5.91 Å². The van der Waals surface area contributed by atoms with E-state index in [-0.39, 0.29) is 5.91 Å². The molecule has 0 bridgehead atoms. The second-order valence-corrected chi connectivity index (χ2v) is 8.98. The van der Waals surface area contributed by atoms with Crippen molar-refractivity contribution < 1.29 is 4.79 Å². The van der Waals surface area contributed by atoms with Crippen molar-refractivity contribution >= 4 is 38.3 Å². The molecule has 3 aromatic carbocycles. The first kappa shape index (κ1) is 20.1. The number of amides is 1. The minimum Gasteiger partial charge on any atom is -0.322 e. The SMILES string of the molecule is CN(Cc1ccc(NC(=O)c2ccc3ccc(Br)cc3c2)cc1)C1CCCCC1. The second kappa shape index (κ2) is 9.10. The number of anilines is 1. The molecule has 3 nitrogen and oxygen atoms in total. The van der Waals surface area contributed by atoms with E-state index in [1.165, 1.54) is 37.7 Å². The van der Waals surface area contributed by atoms with Crippen LogP contribution in [0.15, 0.2) is 65.1 Å². The number of nitrogens with one attached hydrogen (secondary N) is 1. The highest BCUT2D eigenvalue weighted by molar-refractivity contribution is 9.10. The molecule has 0 atom stereocenters. The van der Waals surface area contributed by atoms with Gasteiger partial charge >= 0.3 is 0 Å². The van der Waals surface area contributed by atoms with Crippen LogP contribution in [0.2, 0.25) is 0 Å². The molecule has 0 radical (unpaired) electrons. The highest BCUT2D eigenvalue weighted by Crippen LogP contribution is 2.24. The predicted octanol–water partition coefficient (Wildman–Crippen LogP) is 6.62. The lowest BCUT2D eigenvalue weighted by Crippen LogP contribution is -2.32. The van der Waals surface area contributed by atoms with E-state index in [0.29, 0.717) is 11.6 Å². The van der Waals surface area contributed by atoms with Crippen LogP contribution in [0.5, 0.6) is 0 Å². The molecule has 1 amide bonds. The second-order valence-electron chi connectivity index (χ2n) is 8.06. The third kappa shape index (κ3) is 5.06. The van der Waals surface area contributed by atoms with Crippen molar-refractivity contribution in [3.8, 4) is 0 Å². The normalized spacial score (nSPS) is 15.0. The summed E-state index contributed by atoms with van der Waals surface area (Å²) in [6.45, 7) is 0.957. The molecule has 4 rings (SSSR count). The van der Waals surface area contributed by atoms with Gasteiger partial charge in [-0.05, 0) is 72.6 Å². The lowest BCUT2D eigenvalue weighted by Gasteiger charge is -2.31. The fraction of sp³-hybridized carbons (Fsp3) is 0.320. The summed E-state index contributed by atoms with van der Waals surface area (Å²) < 4.78 is 1.01. The summed E-state index contributed by atoms with van der Waals surface area (Å²) in [6, 6.07) is 20.8. The van der Waals surface area contributed by atoms with Crippen LogP contribution in [0, 0.1) is 0 Å². The van der Waals surface area contributed by atoms with Crippen LogP contribution in [0.1, 0.15) is 48.0 Å². The van der Waals surface area contributed by atoms with Gasteiger partial charge in [-0.1, -0.05) is 59.5 Å². The Morgan fingerprint density at radius 1 is 0.966 bits per heavy atom. The molecule has 0 heterocycles. The highest BCUT2D eigenvalue weighted by atomic mass is 79.9. The summed E-state index contributed by atoms with van der Waals surface area (Å²) >= 11 is 3.49. The van der Waals surface area contributed by atoms with Crippen molar-refractivity contribution in [3.63, 3.8) is 0 Å². The van der Waals surface area contributed by atoms with Gasteiger partial charge in [-0.2, -0.15) is 0 Å². The zero-order valence-corrected chi connectivity index (χ0v) is 18.4. The van der Waals surface area contributed by atoms with Gasteiger partial charge in [0.05, 0.1) is 0 Å². The Hall–Kier alpha value is -2.17. The number of hydrogen-bond acceptors (Lipinski definition) is 2. The minimum atomic E-state index is -0.0843. The maximum atomic E-state index is 12.7. The van der Waals surface area contributed by atoms with Crippen LogP contribution in [-0.2, 0) is 6.54 Å². The Labute approximate surface area is 181 Å². The first-order chi connectivity index (χ1) is 14.1. The third-order valence-corrected chi connectivity index (χ3v) is 6.40. The van der Waals surface area contributed by atoms with E-state index in [1.54, 1.807) is 0 Å². The molecule has 0 aliphatic heterocycles. The van der Waals surface area contributed by atoms with Gasteiger partial charge in [0.15, 0.2) is 0 Å². The zero-order chi connectivity index (χ0) is 20.2. The van der Waals surface area contributed by atoms with Crippen LogP contribution >= 0.6 is 15.9 Å². The Kier molecular flexibility index (Phi) is 6.31. The molecule has 0 aromatic heterocycles. The number of halogens is 1. The number of hydrogen-bond donors (Lipinski definition) is 1. The number of carbonyl (C=O) groups excluding carboxylic acids is 1. The third-order valence-electron chi connectivity index (χ3n) is 5.91. The number of fused-ring (bicyclic) bond motifs is 1. The van der Waals surface area contributed by atoms with Crippen LogP contribution < -0.4 is 5.32 Å². The first-order valence-electron chi connectivity index (χ1n) is 10.4. The van der Waals surface area contributed by atoms with Crippen molar-refractivity contribution in [2.45, 2.75) is 44.7 Å². The standard InChI is InChI=1S/C25H27BrN2O/c1-28(24-5-3-2-4-6-24)17-18-7-13-23(14-8-18)27-25(29)20-10-9-19-11-12-22(26)16-21(19)15-20/h7-16,24H,2-6,17H2,1H3,(H,27,29). The average Bonchev–Trinajstić information content (AvgIpc) is 2.75. The quantitative estimate of drug-likeness (QED) is 0.473. The maximum Gasteiger partial charge on any atom is 0.255 e. The van der Waals surface area contributed by atoms with E-state index in [9.17, 15) is 4.79 Å². The van der Waals surface area contributed by atoms with Gasteiger partial charge < -0.3 is 5.32 Å². The fourth-order valence-corrected chi connectivity index (χ4v) is 4.57. The summed E-state index contributed by atoms with van der Waals surface area (Å²) in [5, 5.41) is 5.19. The van der Waals surface area contributed by atoms with Crippen molar-refractivity contribution in [1.82, 2.24) is 4.90 Å². The zero-order valence-electron chi connectivity index (χ0n) is 16.8. The summed E-state index contributed by atoms with van der Waals surface area (Å²) in [7, 11) is 2.23. The summed E-state index contributed by atoms with van der Waals surface area (Å²) in [6.07, 6.45) is 6.71. The molecule has 150 valence electrons. The predicted molar refractivity (Wildman–Crippen MR) is 124 cm³/mol. The molecule has 1 N–H and O–H groups in total. The van der Waals surface area contributed by atoms with Gasteiger partial charge in [0.2, 0.25) is 0 Å². The molecule has 1 fully saturated rings. The number of nitrogens with zero attached hydrogens (tertiary/aromatic N) is 1. The topological polar surface area (TPSA) is 32.3 Å².